The van der Waals surface area contributed by atoms with Crippen molar-refractivity contribution in [1.29, 1.82) is 0 Å². The second-order valence-electron chi connectivity index (χ2n) is 6.04. The average molecular weight is 273 g/mol. The molecule has 4 nitrogen and oxygen atoms in total. The van der Waals surface area contributed by atoms with Crippen molar-refractivity contribution in [2.75, 3.05) is 26.2 Å². The van der Waals surface area contributed by atoms with Gasteiger partial charge in [-0.2, -0.15) is 0 Å². The summed E-state index contributed by atoms with van der Waals surface area (Å²) in [5.41, 5.74) is 1.41. The Kier molecular flexibility index (Phi) is 3.92. The van der Waals surface area contributed by atoms with Gasteiger partial charge in [0, 0.05) is 25.0 Å². The van der Waals surface area contributed by atoms with Crippen LogP contribution in [0, 0.1) is 5.41 Å². The van der Waals surface area contributed by atoms with Gasteiger partial charge in [0.15, 0.2) is 5.96 Å². The molecule has 0 amide bonds. The van der Waals surface area contributed by atoms with E-state index in [1.807, 2.05) is 0 Å². The molecule has 108 valence electrons. The van der Waals surface area contributed by atoms with Crippen LogP contribution in [-0.2, 0) is 0 Å². The van der Waals surface area contributed by atoms with E-state index in [-0.39, 0.29) is 12.0 Å². The van der Waals surface area contributed by atoms with Gasteiger partial charge in [-0.25, -0.2) is 0 Å². The minimum Gasteiger partial charge on any atom is -0.396 e. The summed E-state index contributed by atoms with van der Waals surface area (Å²) < 4.78 is 0. The quantitative estimate of drug-likeness (QED) is 0.779. The molecule has 0 saturated heterocycles. The number of aliphatic imine (C=N–C) groups is 1. The van der Waals surface area contributed by atoms with Crippen LogP contribution in [0.25, 0.3) is 0 Å². The molecule has 0 bridgehead atoms. The van der Waals surface area contributed by atoms with E-state index in [0.717, 1.165) is 44.9 Å². The number of nitrogens with one attached hydrogen (secondary N) is 2. The standard InChI is InChI=1S/C16H23N3O/c20-12-16(11-19-15-17-7-4-8-18-15)9-14(10-16)13-5-2-1-3-6-13/h1-3,5-6,14,20H,4,7-12H2,(H2,17,18,19). The summed E-state index contributed by atoms with van der Waals surface area (Å²) in [6.45, 7) is 2.94. The fourth-order valence-electron chi connectivity index (χ4n) is 3.20. The lowest BCUT2D eigenvalue weighted by Gasteiger charge is -2.47. The molecule has 3 N–H and O–H groups in total. The molecular formula is C16H23N3O. The highest BCUT2D eigenvalue weighted by molar-refractivity contribution is 5.80. The predicted octanol–water partition coefficient (Wildman–Crippen LogP) is 1.48. The first-order chi connectivity index (χ1) is 9.81. The first-order valence-electron chi connectivity index (χ1n) is 7.49. The maximum Gasteiger partial charge on any atom is 0.191 e. The number of nitrogens with zero attached hydrogens (tertiary/aromatic N) is 1. The van der Waals surface area contributed by atoms with Crippen molar-refractivity contribution in [1.82, 2.24) is 10.6 Å². The molecule has 0 unspecified atom stereocenters. The molecule has 1 aromatic rings. The van der Waals surface area contributed by atoms with Gasteiger partial charge in [-0.05, 0) is 30.7 Å². The summed E-state index contributed by atoms with van der Waals surface area (Å²) in [5, 5.41) is 16.4. The smallest absolute Gasteiger partial charge is 0.191 e. The third kappa shape index (κ3) is 2.80. The van der Waals surface area contributed by atoms with Crippen molar-refractivity contribution in [3.8, 4) is 0 Å². The lowest BCUT2D eigenvalue weighted by molar-refractivity contribution is 0.0294. The van der Waals surface area contributed by atoms with E-state index >= 15 is 0 Å². The molecule has 1 aliphatic carbocycles. The normalized spacial score (nSPS) is 29.1. The minimum absolute atomic E-state index is 0.0160. The molecule has 0 spiro atoms. The van der Waals surface area contributed by atoms with Crippen LogP contribution in [-0.4, -0.2) is 37.3 Å². The molecule has 0 atom stereocenters. The predicted molar refractivity (Wildman–Crippen MR) is 80.9 cm³/mol. The molecule has 20 heavy (non-hydrogen) atoms. The van der Waals surface area contributed by atoms with Crippen molar-refractivity contribution in [2.45, 2.75) is 25.2 Å². The Morgan fingerprint density at radius 3 is 2.75 bits per heavy atom. The Balaban J connectivity index is 1.54. The van der Waals surface area contributed by atoms with Crippen molar-refractivity contribution in [3.63, 3.8) is 0 Å². The van der Waals surface area contributed by atoms with E-state index in [2.05, 4.69) is 46.0 Å². The van der Waals surface area contributed by atoms with Gasteiger partial charge in [-0.15, -0.1) is 0 Å². The number of hydrogen-bond donors (Lipinski definition) is 3. The zero-order chi connectivity index (χ0) is 13.8. The van der Waals surface area contributed by atoms with Gasteiger partial charge >= 0.3 is 0 Å². The first kappa shape index (κ1) is 13.4. The van der Waals surface area contributed by atoms with Crippen molar-refractivity contribution in [2.24, 2.45) is 10.4 Å². The average Bonchev–Trinajstić information content (AvgIpc) is 2.49. The lowest BCUT2D eigenvalue weighted by atomic mass is 9.60. The summed E-state index contributed by atoms with van der Waals surface area (Å²) in [6, 6.07) is 10.6. The molecule has 0 radical (unpaired) electrons. The summed E-state index contributed by atoms with van der Waals surface area (Å²) in [7, 11) is 0. The summed E-state index contributed by atoms with van der Waals surface area (Å²) >= 11 is 0. The molecule has 3 rings (SSSR count). The molecule has 1 aromatic carbocycles. The summed E-state index contributed by atoms with van der Waals surface area (Å²) in [4.78, 5) is 4.42. The van der Waals surface area contributed by atoms with E-state index in [1.165, 1.54) is 5.56 Å². The Hall–Kier alpha value is -1.55. The van der Waals surface area contributed by atoms with Gasteiger partial charge in [0.25, 0.3) is 0 Å². The second-order valence-corrected chi connectivity index (χ2v) is 6.04. The van der Waals surface area contributed by atoms with Crippen LogP contribution >= 0.6 is 0 Å². The van der Waals surface area contributed by atoms with E-state index in [1.54, 1.807) is 0 Å². The Bertz CT molecular complexity index is 466. The van der Waals surface area contributed by atoms with E-state index in [9.17, 15) is 5.11 Å². The maximum absolute atomic E-state index is 9.73. The molecule has 2 aliphatic rings. The van der Waals surface area contributed by atoms with Crippen molar-refractivity contribution >= 4 is 5.96 Å². The molecule has 1 saturated carbocycles. The summed E-state index contributed by atoms with van der Waals surface area (Å²) in [6.07, 6.45) is 3.20. The number of hydrogen-bond acceptors (Lipinski definition) is 4. The minimum atomic E-state index is 0.0160. The van der Waals surface area contributed by atoms with Crippen LogP contribution in [0.3, 0.4) is 0 Å². The number of aliphatic hydroxyl groups is 1. The lowest BCUT2D eigenvalue weighted by Crippen LogP contribution is -2.51. The SMILES string of the molecule is OCC1(CNC2=NCCCN2)CC(c2ccccc2)C1. The van der Waals surface area contributed by atoms with Crippen LogP contribution < -0.4 is 10.6 Å². The van der Waals surface area contributed by atoms with Crippen LogP contribution in [0.1, 0.15) is 30.7 Å². The van der Waals surface area contributed by atoms with Crippen molar-refractivity contribution in [3.05, 3.63) is 35.9 Å². The molecular weight excluding hydrogens is 250 g/mol. The van der Waals surface area contributed by atoms with Crippen LogP contribution in [0.15, 0.2) is 35.3 Å². The maximum atomic E-state index is 9.73. The van der Waals surface area contributed by atoms with Crippen LogP contribution in [0.5, 0.6) is 0 Å². The zero-order valence-electron chi connectivity index (χ0n) is 11.8. The number of guanidine groups is 1. The zero-order valence-corrected chi connectivity index (χ0v) is 11.8. The van der Waals surface area contributed by atoms with Gasteiger partial charge in [-0.1, -0.05) is 30.3 Å². The third-order valence-electron chi connectivity index (χ3n) is 4.49. The molecule has 1 aliphatic heterocycles. The highest BCUT2D eigenvalue weighted by Crippen LogP contribution is 2.50. The van der Waals surface area contributed by atoms with E-state index < -0.39 is 0 Å². The van der Waals surface area contributed by atoms with Crippen molar-refractivity contribution < 1.29 is 5.11 Å². The van der Waals surface area contributed by atoms with E-state index in [0.29, 0.717) is 5.92 Å². The highest BCUT2D eigenvalue weighted by atomic mass is 16.3. The highest BCUT2D eigenvalue weighted by Gasteiger charge is 2.44. The molecule has 1 fully saturated rings. The Labute approximate surface area is 120 Å². The first-order valence-corrected chi connectivity index (χ1v) is 7.49. The molecule has 0 aromatic heterocycles. The van der Waals surface area contributed by atoms with Gasteiger partial charge < -0.3 is 15.7 Å². The molecule has 4 heteroatoms. The number of aliphatic hydroxyl groups excluding tert-OH is 1. The fourth-order valence-corrected chi connectivity index (χ4v) is 3.20. The Morgan fingerprint density at radius 1 is 1.30 bits per heavy atom. The second kappa shape index (κ2) is 5.83. The van der Waals surface area contributed by atoms with Gasteiger partial charge in [-0.3, -0.25) is 4.99 Å². The third-order valence-corrected chi connectivity index (χ3v) is 4.49. The van der Waals surface area contributed by atoms with Crippen LogP contribution in [0.4, 0.5) is 0 Å². The van der Waals surface area contributed by atoms with Gasteiger partial charge in [0.1, 0.15) is 0 Å². The number of benzene rings is 1. The Morgan fingerprint density at radius 2 is 2.10 bits per heavy atom. The fraction of sp³-hybridized carbons (Fsp3) is 0.562. The monoisotopic (exact) mass is 273 g/mol. The van der Waals surface area contributed by atoms with Gasteiger partial charge in [0.05, 0.1) is 6.61 Å². The molecule has 1 heterocycles. The largest absolute Gasteiger partial charge is 0.396 e. The summed E-state index contributed by atoms with van der Waals surface area (Å²) in [5.74, 6) is 1.48. The topological polar surface area (TPSA) is 56.6 Å². The van der Waals surface area contributed by atoms with Gasteiger partial charge in [0.2, 0.25) is 0 Å². The number of rotatable bonds is 4. The van der Waals surface area contributed by atoms with Crippen LogP contribution in [0.2, 0.25) is 0 Å². The van der Waals surface area contributed by atoms with E-state index in [4.69, 9.17) is 0 Å².